The van der Waals surface area contributed by atoms with Gasteiger partial charge in [-0.1, -0.05) is 42.5 Å². The Hall–Kier alpha value is -1.72. The maximum absolute atomic E-state index is 12.0. The summed E-state index contributed by atoms with van der Waals surface area (Å²) < 4.78 is 0. The molecule has 0 radical (unpaired) electrons. The second-order valence-electron chi connectivity index (χ2n) is 4.12. The van der Waals surface area contributed by atoms with Crippen LogP contribution in [0.25, 0.3) is 0 Å². The van der Waals surface area contributed by atoms with Crippen molar-refractivity contribution < 1.29 is 4.79 Å². The fraction of sp³-hybridized carbons (Fsp3) is 0.143. The van der Waals surface area contributed by atoms with Crippen LogP contribution in [0.4, 0.5) is 0 Å². The molecule has 3 nitrogen and oxygen atoms in total. The monoisotopic (exact) mass is 290 g/mol. The van der Waals surface area contributed by atoms with Gasteiger partial charge in [0, 0.05) is 0 Å². The summed E-state index contributed by atoms with van der Waals surface area (Å²) in [6, 6.07) is 11.0. The van der Waals surface area contributed by atoms with Crippen LogP contribution in [0.1, 0.15) is 17.2 Å². The summed E-state index contributed by atoms with van der Waals surface area (Å²) in [5.74, 6) is -0.0833. The Morgan fingerprint density at radius 3 is 2.63 bits per heavy atom. The predicted molar refractivity (Wildman–Crippen MR) is 82.1 cm³/mol. The lowest BCUT2D eigenvalue weighted by molar-refractivity contribution is -0.120. The second kappa shape index (κ2) is 6.45. The molecule has 0 spiro atoms. The van der Waals surface area contributed by atoms with Gasteiger partial charge in [0.2, 0.25) is 5.91 Å². The quantitative estimate of drug-likeness (QED) is 0.832. The van der Waals surface area contributed by atoms with Gasteiger partial charge in [-0.25, -0.2) is 0 Å². The van der Waals surface area contributed by atoms with E-state index in [-0.39, 0.29) is 10.9 Å². The number of hydrogen-bond donors (Lipinski definition) is 2. The van der Waals surface area contributed by atoms with E-state index in [9.17, 15) is 4.79 Å². The normalized spacial score (nSPS) is 11.8. The first-order chi connectivity index (χ1) is 9.16. The van der Waals surface area contributed by atoms with E-state index in [2.05, 4.69) is 5.32 Å². The van der Waals surface area contributed by atoms with Gasteiger partial charge in [0.15, 0.2) is 0 Å². The highest BCUT2D eigenvalue weighted by Crippen LogP contribution is 2.14. The summed E-state index contributed by atoms with van der Waals surface area (Å²) >= 11 is 6.60. The van der Waals surface area contributed by atoms with Crippen molar-refractivity contribution in [3.8, 4) is 0 Å². The molecule has 0 fully saturated rings. The van der Waals surface area contributed by atoms with Crippen molar-refractivity contribution in [3.05, 3.63) is 58.3 Å². The van der Waals surface area contributed by atoms with E-state index < -0.39 is 6.04 Å². The molecule has 1 unspecified atom stereocenters. The smallest absolute Gasteiger partial charge is 0.225 e. The maximum atomic E-state index is 12.0. The molecule has 1 aromatic carbocycles. The van der Waals surface area contributed by atoms with Crippen LogP contribution in [-0.2, 0) is 11.2 Å². The molecule has 0 aliphatic carbocycles. The number of hydrogen-bond acceptors (Lipinski definition) is 3. The first kappa shape index (κ1) is 13.7. The minimum Gasteiger partial charge on any atom is -0.391 e. The van der Waals surface area contributed by atoms with Crippen LogP contribution < -0.4 is 11.1 Å². The highest BCUT2D eigenvalue weighted by atomic mass is 32.1. The van der Waals surface area contributed by atoms with E-state index in [0.717, 1.165) is 11.1 Å². The fourth-order valence-corrected chi connectivity index (χ4v) is 2.62. The highest BCUT2D eigenvalue weighted by molar-refractivity contribution is 7.80. The summed E-state index contributed by atoms with van der Waals surface area (Å²) in [6.45, 7) is 0. The molecule has 1 aromatic heterocycles. The van der Waals surface area contributed by atoms with Crippen LogP contribution in [0.5, 0.6) is 0 Å². The van der Waals surface area contributed by atoms with Gasteiger partial charge >= 0.3 is 0 Å². The minimum atomic E-state index is -0.415. The SMILES string of the molecule is NC(=S)C(NC(=O)Cc1ccsc1)c1ccccc1. The van der Waals surface area contributed by atoms with Crippen molar-refractivity contribution in [1.82, 2.24) is 5.32 Å². The van der Waals surface area contributed by atoms with E-state index in [1.165, 1.54) is 0 Å². The Morgan fingerprint density at radius 2 is 2.05 bits per heavy atom. The molecule has 1 heterocycles. The molecule has 3 N–H and O–H groups in total. The number of benzene rings is 1. The largest absolute Gasteiger partial charge is 0.391 e. The van der Waals surface area contributed by atoms with Gasteiger partial charge in [0.25, 0.3) is 0 Å². The van der Waals surface area contributed by atoms with Gasteiger partial charge in [-0.15, -0.1) is 0 Å². The van der Waals surface area contributed by atoms with Crippen LogP contribution in [0.2, 0.25) is 0 Å². The number of rotatable bonds is 5. The molecule has 0 saturated carbocycles. The second-order valence-corrected chi connectivity index (χ2v) is 5.37. The number of thiophene rings is 1. The van der Waals surface area contributed by atoms with Crippen molar-refractivity contribution >= 4 is 34.5 Å². The number of thiocarbonyl (C=S) groups is 1. The van der Waals surface area contributed by atoms with Crippen LogP contribution >= 0.6 is 23.6 Å². The fourth-order valence-electron chi connectivity index (χ4n) is 1.75. The van der Waals surface area contributed by atoms with Crippen molar-refractivity contribution in [2.24, 2.45) is 5.73 Å². The third-order valence-corrected chi connectivity index (χ3v) is 3.64. The molecule has 0 aliphatic rings. The Labute approximate surface area is 121 Å². The number of carbonyl (C=O) groups excluding carboxylic acids is 1. The predicted octanol–water partition coefficient (Wildman–Crippen LogP) is 2.43. The third kappa shape index (κ3) is 3.87. The molecular weight excluding hydrogens is 276 g/mol. The number of nitrogens with one attached hydrogen (secondary N) is 1. The summed E-state index contributed by atoms with van der Waals surface area (Å²) in [5, 5.41) is 6.78. The first-order valence-electron chi connectivity index (χ1n) is 5.81. The molecule has 1 atom stereocenters. The lowest BCUT2D eigenvalue weighted by Gasteiger charge is -2.17. The van der Waals surface area contributed by atoms with Gasteiger partial charge in [-0.2, -0.15) is 11.3 Å². The lowest BCUT2D eigenvalue weighted by atomic mass is 10.1. The van der Waals surface area contributed by atoms with Crippen LogP contribution in [0, 0.1) is 0 Å². The van der Waals surface area contributed by atoms with Crippen LogP contribution in [0.15, 0.2) is 47.2 Å². The summed E-state index contributed by atoms with van der Waals surface area (Å²) in [5.41, 5.74) is 7.60. The zero-order valence-corrected chi connectivity index (χ0v) is 11.8. The minimum absolute atomic E-state index is 0.0833. The zero-order chi connectivity index (χ0) is 13.7. The first-order valence-corrected chi connectivity index (χ1v) is 7.16. The molecule has 19 heavy (non-hydrogen) atoms. The van der Waals surface area contributed by atoms with Crippen molar-refractivity contribution in [2.45, 2.75) is 12.5 Å². The summed E-state index contributed by atoms with van der Waals surface area (Å²) in [4.78, 5) is 12.2. The third-order valence-electron chi connectivity index (χ3n) is 2.67. The molecule has 2 rings (SSSR count). The molecule has 0 saturated heterocycles. The Bertz CT molecular complexity index is 552. The van der Waals surface area contributed by atoms with E-state index >= 15 is 0 Å². The molecular formula is C14H14N2OS2. The Morgan fingerprint density at radius 1 is 1.32 bits per heavy atom. The van der Waals surface area contributed by atoms with Gasteiger partial charge in [-0.05, 0) is 28.0 Å². The summed E-state index contributed by atoms with van der Waals surface area (Å²) in [7, 11) is 0. The average Bonchev–Trinajstić information content (AvgIpc) is 2.89. The Balaban J connectivity index is 2.05. The lowest BCUT2D eigenvalue weighted by Crippen LogP contribution is -2.37. The van der Waals surface area contributed by atoms with Crippen molar-refractivity contribution in [3.63, 3.8) is 0 Å². The zero-order valence-electron chi connectivity index (χ0n) is 10.2. The van der Waals surface area contributed by atoms with Gasteiger partial charge < -0.3 is 11.1 Å². The van der Waals surface area contributed by atoms with Crippen LogP contribution in [-0.4, -0.2) is 10.9 Å². The number of amides is 1. The number of carbonyl (C=O) groups is 1. The Kier molecular flexibility index (Phi) is 4.65. The number of nitrogens with two attached hydrogens (primary N) is 1. The molecule has 0 aliphatic heterocycles. The topological polar surface area (TPSA) is 55.1 Å². The average molecular weight is 290 g/mol. The van der Waals surface area contributed by atoms with E-state index in [1.807, 2.05) is 47.2 Å². The molecule has 2 aromatic rings. The maximum Gasteiger partial charge on any atom is 0.225 e. The van der Waals surface area contributed by atoms with Crippen molar-refractivity contribution in [2.75, 3.05) is 0 Å². The molecule has 1 amide bonds. The van der Waals surface area contributed by atoms with Gasteiger partial charge in [-0.3, -0.25) is 4.79 Å². The summed E-state index contributed by atoms with van der Waals surface area (Å²) in [6.07, 6.45) is 0.343. The van der Waals surface area contributed by atoms with Crippen molar-refractivity contribution in [1.29, 1.82) is 0 Å². The van der Waals surface area contributed by atoms with Gasteiger partial charge in [0.1, 0.15) is 11.0 Å². The molecule has 98 valence electrons. The van der Waals surface area contributed by atoms with Crippen LogP contribution in [0.3, 0.4) is 0 Å². The molecule has 5 heteroatoms. The van der Waals surface area contributed by atoms with E-state index in [0.29, 0.717) is 6.42 Å². The molecule has 0 bridgehead atoms. The van der Waals surface area contributed by atoms with E-state index in [4.69, 9.17) is 18.0 Å². The van der Waals surface area contributed by atoms with Gasteiger partial charge in [0.05, 0.1) is 6.42 Å². The highest BCUT2D eigenvalue weighted by Gasteiger charge is 2.17. The standard InChI is InChI=1S/C14H14N2OS2/c15-14(18)13(11-4-2-1-3-5-11)16-12(17)8-10-6-7-19-9-10/h1-7,9,13H,8H2,(H2,15,18)(H,16,17). The van der Waals surface area contributed by atoms with E-state index in [1.54, 1.807) is 11.3 Å².